The number of aromatic carboxylic acids is 1. The fourth-order valence-electron chi connectivity index (χ4n) is 1.87. The highest BCUT2D eigenvalue weighted by Crippen LogP contribution is 2.08. The maximum atomic E-state index is 12.0. The highest BCUT2D eigenvalue weighted by molar-refractivity contribution is 6.03. The van der Waals surface area contributed by atoms with E-state index in [-0.39, 0.29) is 23.2 Å². The Balaban J connectivity index is 2.08. The number of rotatable bonds is 3. The van der Waals surface area contributed by atoms with Crippen molar-refractivity contribution in [3.05, 3.63) is 29.6 Å². The lowest BCUT2D eigenvalue weighted by Crippen LogP contribution is -2.48. The van der Waals surface area contributed by atoms with Crippen LogP contribution >= 0.6 is 0 Å². The van der Waals surface area contributed by atoms with Gasteiger partial charge in [0.25, 0.3) is 5.91 Å². The van der Waals surface area contributed by atoms with Gasteiger partial charge in [-0.3, -0.25) is 14.6 Å². The van der Waals surface area contributed by atoms with E-state index in [2.05, 4.69) is 15.6 Å². The molecule has 0 aromatic carbocycles. The monoisotopic (exact) mass is 263 g/mol. The standard InChI is InChI=1S/C12H13N3O4/c16-9-4-3-7(6-14-9)15-11(17)10-8(12(18)19)2-1-5-13-10/h1-2,5,7H,3-4,6H2,(H,14,16)(H,15,17)(H,18,19). The van der Waals surface area contributed by atoms with E-state index in [1.54, 1.807) is 0 Å². The van der Waals surface area contributed by atoms with Crippen LogP contribution in [-0.2, 0) is 4.79 Å². The van der Waals surface area contributed by atoms with Gasteiger partial charge in [0.15, 0.2) is 0 Å². The highest BCUT2D eigenvalue weighted by atomic mass is 16.4. The Labute approximate surface area is 109 Å². The van der Waals surface area contributed by atoms with Gasteiger partial charge in [-0.15, -0.1) is 0 Å². The molecule has 1 aromatic rings. The Bertz CT molecular complexity index is 519. The quantitative estimate of drug-likeness (QED) is 0.699. The molecule has 0 radical (unpaired) electrons. The molecule has 0 aliphatic carbocycles. The Morgan fingerprint density at radius 3 is 2.89 bits per heavy atom. The van der Waals surface area contributed by atoms with Gasteiger partial charge in [0.05, 0.1) is 5.56 Å². The summed E-state index contributed by atoms with van der Waals surface area (Å²) in [4.78, 5) is 37.7. The summed E-state index contributed by atoms with van der Waals surface area (Å²) in [7, 11) is 0. The van der Waals surface area contributed by atoms with Gasteiger partial charge >= 0.3 is 5.97 Å². The molecule has 2 rings (SSSR count). The van der Waals surface area contributed by atoms with Crippen LogP contribution in [-0.4, -0.2) is 40.5 Å². The summed E-state index contributed by atoms with van der Waals surface area (Å²) in [5, 5.41) is 14.3. The van der Waals surface area contributed by atoms with Gasteiger partial charge in [0, 0.05) is 25.2 Å². The third-order valence-corrected chi connectivity index (χ3v) is 2.85. The summed E-state index contributed by atoms with van der Waals surface area (Å²) in [6, 6.07) is 2.59. The van der Waals surface area contributed by atoms with E-state index in [0.717, 1.165) is 0 Å². The number of carboxylic acids is 1. The van der Waals surface area contributed by atoms with Crippen molar-refractivity contribution in [2.24, 2.45) is 0 Å². The van der Waals surface area contributed by atoms with E-state index >= 15 is 0 Å². The van der Waals surface area contributed by atoms with Gasteiger partial charge in [-0.25, -0.2) is 4.79 Å². The zero-order valence-electron chi connectivity index (χ0n) is 10.0. The molecule has 100 valence electrons. The molecule has 2 heterocycles. The number of hydrogen-bond acceptors (Lipinski definition) is 4. The van der Waals surface area contributed by atoms with Crippen LogP contribution in [0, 0.1) is 0 Å². The minimum absolute atomic E-state index is 0.0467. The minimum atomic E-state index is -1.20. The molecule has 2 amide bonds. The molecule has 1 unspecified atom stereocenters. The van der Waals surface area contributed by atoms with Crippen molar-refractivity contribution < 1.29 is 19.5 Å². The van der Waals surface area contributed by atoms with Gasteiger partial charge in [-0.2, -0.15) is 0 Å². The molecule has 0 spiro atoms. The van der Waals surface area contributed by atoms with Crippen molar-refractivity contribution in [1.29, 1.82) is 0 Å². The van der Waals surface area contributed by atoms with Crippen molar-refractivity contribution >= 4 is 17.8 Å². The van der Waals surface area contributed by atoms with Crippen molar-refractivity contribution in [2.45, 2.75) is 18.9 Å². The molecule has 7 heteroatoms. The largest absolute Gasteiger partial charge is 0.478 e. The van der Waals surface area contributed by atoms with Crippen LogP contribution in [0.5, 0.6) is 0 Å². The van der Waals surface area contributed by atoms with E-state index in [0.29, 0.717) is 19.4 Å². The van der Waals surface area contributed by atoms with E-state index in [9.17, 15) is 14.4 Å². The van der Waals surface area contributed by atoms with Gasteiger partial charge in [-0.05, 0) is 18.6 Å². The van der Waals surface area contributed by atoms with Crippen LogP contribution in [0.25, 0.3) is 0 Å². The SMILES string of the molecule is O=C1CCC(NC(=O)c2ncccc2C(=O)O)CN1. The summed E-state index contributed by atoms with van der Waals surface area (Å²) < 4.78 is 0. The molecular weight excluding hydrogens is 250 g/mol. The number of nitrogens with one attached hydrogen (secondary N) is 2. The number of carboxylic acid groups (broad SMARTS) is 1. The van der Waals surface area contributed by atoms with Gasteiger partial charge in [0.2, 0.25) is 5.91 Å². The molecule has 0 saturated carbocycles. The smallest absolute Gasteiger partial charge is 0.338 e. The maximum Gasteiger partial charge on any atom is 0.338 e. The van der Waals surface area contributed by atoms with E-state index in [1.165, 1.54) is 18.3 Å². The van der Waals surface area contributed by atoms with Gasteiger partial charge < -0.3 is 15.7 Å². The summed E-state index contributed by atoms with van der Waals surface area (Å²) in [5.41, 5.74) is -0.258. The van der Waals surface area contributed by atoms with Crippen LogP contribution in [0.4, 0.5) is 0 Å². The number of carbonyl (C=O) groups is 3. The van der Waals surface area contributed by atoms with Crippen molar-refractivity contribution in [1.82, 2.24) is 15.6 Å². The van der Waals surface area contributed by atoms with Crippen molar-refractivity contribution in [3.63, 3.8) is 0 Å². The van der Waals surface area contributed by atoms with Crippen LogP contribution < -0.4 is 10.6 Å². The molecular formula is C12H13N3O4. The Hall–Kier alpha value is -2.44. The lowest BCUT2D eigenvalue weighted by Gasteiger charge is -2.23. The molecule has 7 nitrogen and oxygen atoms in total. The first-order valence-electron chi connectivity index (χ1n) is 5.84. The van der Waals surface area contributed by atoms with E-state index in [1.807, 2.05) is 0 Å². The van der Waals surface area contributed by atoms with E-state index in [4.69, 9.17) is 5.11 Å². The molecule has 1 aromatic heterocycles. The zero-order chi connectivity index (χ0) is 13.8. The normalized spacial score (nSPS) is 18.5. The van der Waals surface area contributed by atoms with Crippen molar-refractivity contribution in [2.75, 3.05) is 6.54 Å². The first-order chi connectivity index (χ1) is 9.08. The number of aromatic nitrogens is 1. The van der Waals surface area contributed by atoms with Crippen molar-refractivity contribution in [3.8, 4) is 0 Å². The minimum Gasteiger partial charge on any atom is -0.478 e. The third-order valence-electron chi connectivity index (χ3n) is 2.85. The Kier molecular flexibility index (Phi) is 3.74. The van der Waals surface area contributed by atoms with Gasteiger partial charge in [0.1, 0.15) is 5.69 Å². The van der Waals surface area contributed by atoms with E-state index < -0.39 is 11.9 Å². The number of pyridine rings is 1. The highest BCUT2D eigenvalue weighted by Gasteiger charge is 2.23. The summed E-state index contributed by atoms with van der Waals surface area (Å²) in [5.74, 6) is -1.79. The third kappa shape index (κ3) is 3.06. The second-order valence-electron chi connectivity index (χ2n) is 4.22. The predicted octanol–water partition coefficient (Wildman–Crippen LogP) is -0.212. The topological polar surface area (TPSA) is 108 Å². The van der Waals surface area contributed by atoms with Crippen LogP contribution in [0.15, 0.2) is 18.3 Å². The number of piperidine rings is 1. The Morgan fingerprint density at radius 1 is 1.47 bits per heavy atom. The molecule has 1 aliphatic heterocycles. The molecule has 1 saturated heterocycles. The lowest BCUT2D eigenvalue weighted by atomic mass is 10.1. The molecule has 1 atom stereocenters. The number of amides is 2. The molecule has 0 bridgehead atoms. The lowest BCUT2D eigenvalue weighted by molar-refractivity contribution is -0.122. The molecule has 3 N–H and O–H groups in total. The molecule has 19 heavy (non-hydrogen) atoms. The zero-order valence-corrected chi connectivity index (χ0v) is 10.0. The van der Waals surface area contributed by atoms with Gasteiger partial charge in [-0.1, -0.05) is 0 Å². The molecule has 1 aliphatic rings. The Morgan fingerprint density at radius 2 is 2.26 bits per heavy atom. The fraction of sp³-hybridized carbons (Fsp3) is 0.333. The molecule has 1 fully saturated rings. The van der Waals surface area contributed by atoms with Crippen LogP contribution in [0.1, 0.15) is 33.7 Å². The number of hydrogen-bond donors (Lipinski definition) is 3. The van der Waals surface area contributed by atoms with Crippen LogP contribution in [0.3, 0.4) is 0 Å². The average molecular weight is 263 g/mol. The second kappa shape index (κ2) is 5.47. The first kappa shape index (κ1) is 13.0. The summed E-state index contributed by atoms with van der Waals surface area (Å²) >= 11 is 0. The number of carbonyl (C=O) groups excluding carboxylic acids is 2. The average Bonchev–Trinajstić information content (AvgIpc) is 2.41. The summed E-state index contributed by atoms with van der Waals surface area (Å²) in [6.45, 7) is 0.347. The summed E-state index contributed by atoms with van der Waals surface area (Å²) in [6.07, 6.45) is 2.25. The first-order valence-corrected chi connectivity index (χ1v) is 5.84. The predicted molar refractivity (Wildman–Crippen MR) is 64.7 cm³/mol. The maximum absolute atomic E-state index is 12.0. The van der Waals surface area contributed by atoms with Crippen LogP contribution in [0.2, 0.25) is 0 Å². The fourth-order valence-corrected chi connectivity index (χ4v) is 1.87. The number of nitrogens with zero attached hydrogens (tertiary/aromatic N) is 1. The second-order valence-corrected chi connectivity index (χ2v) is 4.22.